The topological polar surface area (TPSA) is 35.5 Å². The quantitative estimate of drug-likeness (QED) is 0.811. The molecule has 0 aliphatic heterocycles. The summed E-state index contributed by atoms with van der Waals surface area (Å²) in [5.41, 5.74) is 0. The van der Waals surface area contributed by atoms with E-state index >= 15 is 0 Å². The highest BCUT2D eigenvalue weighted by Crippen LogP contribution is 2.28. The number of alkyl halides is 3. The van der Waals surface area contributed by atoms with Crippen molar-refractivity contribution in [2.24, 2.45) is 0 Å². The first-order chi connectivity index (χ1) is 9.41. The second kappa shape index (κ2) is 5.40. The van der Waals surface area contributed by atoms with Crippen molar-refractivity contribution in [3.63, 3.8) is 0 Å². The van der Waals surface area contributed by atoms with Crippen LogP contribution in [0.4, 0.5) is 13.2 Å². The summed E-state index contributed by atoms with van der Waals surface area (Å²) in [6, 6.07) is 11.6. The van der Waals surface area contributed by atoms with Crippen molar-refractivity contribution in [3.05, 3.63) is 42.5 Å². The molecule has 0 aromatic heterocycles. The average Bonchev–Trinajstić information content (AvgIpc) is 2.42. The van der Waals surface area contributed by atoms with Crippen LogP contribution in [0.3, 0.4) is 0 Å². The number of carbonyl (C=O) groups excluding carboxylic acids is 1. The largest absolute Gasteiger partial charge is 0.469 e. The summed E-state index contributed by atoms with van der Waals surface area (Å²) in [5.74, 6) is -1.53. The third-order valence-electron chi connectivity index (χ3n) is 2.69. The Morgan fingerprint density at radius 2 is 1.75 bits per heavy atom. The van der Waals surface area contributed by atoms with Crippen molar-refractivity contribution in [2.75, 3.05) is 7.11 Å². The van der Waals surface area contributed by atoms with Crippen LogP contribution in [0, 0.1) is 0 Å². The van der Waals surface area contributed by atoms with Crippen molar-refractivity contribution in [2.45, 2.75) is 12.3 Å². The first kappa shape index (κ1) is 14.2. The van der Waals surface area contributed by atoms with E-state index in [1.54, 1.807) is 18.2 Å². The molecule has 3 nitrogen and oxygen atoms in total. The highest BCUT2D eigenvalue weighted by molar-refractivity contribution is 5.84. The second-order valence-electron chi connectivity index (χ2n) is 4.07. The summed E-state index contributed by atoms with van der Waals surface area (Å²) in [5, 5.41) is 1.58. The zero-order chi connectivity index (χ0) is 14.8. The van der Waals surface area contributed by atoms with Crippen molar-refractivity contribution in [3.8, 4) is 5.75 Å². The molecule has 0 aliphatic carbocycles. The number of benzene rings is 2. The summed E-state index contributed by atoms with van der Waals surface area (Å²) in [4.78, 5) is 11.2. The van der Waals surface area contributed by atoms with Gasteiger partial charge in [-0.1, -0.05) is 30.3 Å². The summed E-state index contributed by atoms with van der Waals surface area (Å²) in [7, 11) is 0.880. The monoisotopic (exact) mass is 284 g/mol. The van der Waals surface area contributed by atoms with E-state index in [2.05, 4.69) is 4.74 Å². The van der Waals surface area contributed by atoms with E-state index in [4.69, 9.17) is 4.74 Å². The fourth-order valence-corrected chi connectivity index (χ4v) is 1.73. The van der Waals surface area contributed by atoms with Crippen molar-refractivity contribution in [1.82, 2.24) is 0 Å². The number of hydrogen-bond donors (Lipinski definition) is 0. The van der Waals surface area contributed by atoms with Gasteiger partial charge >= 0.3 is 12.1 Å². The summed E-state index contributed by atoms with van der Waals surface area (Å²) in [6.45, 7) is 0. The smallest absolute Gasteiger partial charge is 0.436 e. The van der Waals surface area contributed by atoms with Crippen molar-refractivity contribution >= 4 is 16.7 Å². The second-order valence-corrected chi connectivity index (χ2v) is 4.07. The standard InChI is InChI=1S/C14H11F3O3/c1-19-13(18)12(14(15,16)17)20-11-7-6-9-4-2-3-5-10(9)8-11/h2-8,12H,1H3/t12-/m0/s1. The molecule has 0 bridgehead atoms. The molecule has 0 fully saturated rings. The molecule has 20 heavy (non-hydrogen) atoms. The van der Waals surface area contributed by atoms with Gasteiger partial charge < -0.3 is 9.47 Å². The van der Waals surface area contributed by atoms with Crippen LogP contribution < -0.4 is 4.74 Å². The van der Waals surface area contributed by atoms with E-state index in [1.807, 2.05) is 12.1 Å². The van der Waals surface area contributed by atoms with Crippen LogP contribution in [-0.4, -0.2) is 25.4 Å². The molecule has 0 unspecified atom stereocenters. The molecule has 0 radical (unpaired) electrons. The van der Waals surface area contributed by atoms with E-state index < -0.39 is 18.2 Å². The van der Waals surface area contributed by atoms with Gasteiger partial charge in [-0.25, -0.2) is 4.79 Å². The third-order valence-corrected chi connectivity index (χ3v) is 2.69. The zero-order valence-corrected chi connectivity index (χ0v) is 10.5. The molecular formula is C14H11F3O3. The zero-order valence-electron chi connectivity index (χ0n) is 10.5. The van der Waals surface area contributed by atoms with Crippen LogP contribution in [-0.2, 0) is 9.53 Å². The van der Waals surface area contributed by atoms with Gasteiger partial charge in [0.05, 0.1) is 7.11 Å². The van der Waals surface area contributed by atoms with Crippen LogP contribution in [0.2, 0.25) is 0 Å². The van der Waals surface area contributed by atoms with Crippen LogP contribution >= 0.6 is 0 Å². The molecule has 0 amide bonds. The van der Waals surface area contributed by atoms with Crippen molar-refractivity contribution in [1.29, 1.82) is 0 Å². The number of methoxy groups -OCH3 is 1. The van der Waals surface area contributed by atoms with Crippen LogP contribution in [0.1, 0.15) is 0 Å². The lowest BCUT2D eigenvalue weighted by molar-refractivity contribution is -0.209. The molecule has 2 aromatic carbocycles. The van der Waals surface area contributed by atoms with Crippen LogP contribution in [0.15, 0.2) is 42.5 Å². The molecule has 6 heteroatoms. The number of rotatable bonds is 3. The molecule has 2 aromatic rings. The molecule has 0 aliphatic rings. The molecule has 0 heterocycles. The molecular weight excluding hydrogens is 273 g/mol. The minimum Gasteiger partial charge on any atom is -0.469 e. The van der Waals surface area contributed by atoms with Gasteiger partial charge in [-0.05, 0) is 22.9 Å². The lowest BCUT2D eigenvalue weighted by atomic mass is 10.1. The highest BCUT2D eigenvalue weighted by Gasteiger charge is 2.48. The predicted octanol–water partition coefficient (Wildman–Crippen LogP) is 3.32. The summed E-state index contributed by atoms with van der Waals surface area (Å²) in [6.07, 6.45) is -7.47. The van der Waals surface area contributed by atoms with Gasteiger partial charge in [0.1, 0.15) is 5.75 Å². The average molecular weight is 284 g/mol. The van der Waals surface area contributed by atoms with Crippen molar-refractivity contribution < 1.29 is 27.4 Å². The Balaban J connectivity index is 2.31. The maximum atomic E-state index is 12.7. The molecule has 0 N–H and O–H groups in total. The van der Waals surface area contributed by atoms with E-state index in [0.29, 0.717) is 0 Å². The van der Waals surface area contributed by atoms with E-state index in [-0.39, 0.29) is 5.75 Å². The van der Waals surface area contributed by atoms with Gasteiger partial charge in [0.25, 0.3) is 6.10 Å². The number of carbonyl (C=O) groups is 1. The van der Waals surface area contributed by atoms with Gasteiger partial charge in [0.15, 0.2) is 0 Å². The summed E-state index contributed by atoms with van der Waals surface area (Å²) >= 11 is 0. The highest BCUT2D eigenvalue weighted by atomic mass is 19.4. The number of halogens is 3. The minimum atomic E-state index is -4.83. The number of ether oxygens (including phenoxy) is 2. The van der Waals surface area contributed by atoms with E-state index in [1.165, 1.54) is 12.1 Å². The first-order valence-electron chi connectivity index (χ1n) is 5.72. The fourth-order valence-electron chi connectivity index (χ4n) is 1.73. The van der Waals surface area contributed by atoms with Gasteiger partial charge in [0.2, 0.25) is 0 Å². The fraction of sp³-hybridized carbons (Fsp3) is 0.214. The van der Waals surface area contributed by atoms with Crippen LogP contribution in [0.25, 0.3) is 10.8 Å². The Morgan fingerprint density at radius 3 is 2.35 bits per heavy atom. The predicted molar refractivity (Wildman–Crippen MR) is 66.4 cm³/mol. The Hall–Kier alpha value is -2.24. The van der Waals surface area contributed by atoms with Gasteiger partial charge in [-0.3, -0.25) is 0 Å². The molecule has 1 atom stereocenters. The maximum absolute atomic E-state index is 12.7. The lowest BCUT2D eigenvalue weighted by Crippen LogP contribution is -2.42. The lowest BCUT2D eigenvalue weighted by Gasteiger charge is -2.19. The third kappa shape index (κ3) is 3.01. The minimum absolute atomic E-state index is 0.0450. The summed E-state index contributed by atoms with van der Waals surface area (Å²) < 4.78 is 47.0. The Labute approximate surface area is 112 Å². The normalized spacial score (nSPS) is 13.0. The SMILES string of the molecule is COC(=O)[C@H](Oc1ccc2ccccc2c1)C(F)(F)F. The van der Waals surface area contributed by atoms with Gasteiger partial charge in [-0.15, -0.1) is 0 Å². The first-order valence-corrected chi connectivity index (χ1v) is 5.72. The Bertz CT molecular complexity index is 622. The molecule has 0 saturated heterocycles. The molecule has 106 valence electrons. The van der Waals surface area contributed by atoms with Gasteiger partial charge in [0, 0.05) is 0 Å². The molecule has 0 saturated carbocycles. The van der Waals surface area contributed by atoms with Crippen LogP contribution in [0.5, 0.6) is 5.75 Å². The number of fused-ring (bicyclic) bond motifs is 1. The molecule has 0 spiro atoms. The van der Waals surface area contributed by atoms with Gasteiger partial charge in [-0.2, -0.15) is 13.2 Å². The van der Waals surface area contributed by atoms with E-state index in [9.17, 15) is 18.0 Å². The Kier molecular flexibility index (Phi) is 3.83. The Morgan fingerprint density at radius 1 is 1.10 bits per heavy atom. The maximum Gasteiger partial charge on any atom is 0.436 e. The molecule has 2 rings (SSSR count). The number of esters is 1. The number of hydrogen-bond acceptors (Lipinski definition) is 3. The van der Waals surface area contributed by atoms with E-state index in [0.717, 1.165) is 17.9 Å².